The molecule has 2 rings (SSSR count). The maximum Gasteiger partial charge on any atom is 0.226 e. The van der Waals surface area contributed by atoms with Crippen LogP contribution in [0.4, 0.5) is 0 Å². The number of halogens is 1. The van der Waals surface area contributed by atoms with Crippen LogP contribution in [-0.4, -0.2) is 18.0 Å². The molecule has 0 unspecified atom stereocenters. The molecule has 2 fully saturated rings. The summed E-state index contributed by atoms with van der Waals surface area (Å²) >= 11 is 0. The Labute approximate surface area is 110 Å². The predicted octanol–water partition coefficient (Wildman–Crippen LogP) is 2.38. The van der Waals surface area contributed by atoms with Crippen LogP contribution in [0.1, 0.15) is 58.3 Å². The largest absolute Gasteiger partial charge is 0.354 e. The van der Waals surface area contributed by atoms with Gasteiger partial charge in [0.1, 0.15) is 0 Å². The summed E-state index contributed by atoms with van der Waals surface area (Å²) in [6, 6.07) is 0. The van der Waals surface area contributed by atoms with Crippen LogP contribution < -0.4 is 11.1 Å². The number of nitrogens with one attached hydrogen (secondary N) is 1. The van der Waals surface area contributed by atoms with Gasteiger partial charge in [-0.2, -0.15) is 0 Å². The molecule has 3 N–H and O–H groups in total. The molecule has 17 heavy (non-hydrogen) atoms. The number of amides is 1. The van der Waals surface area contributed by atoms with Gasteiger partial charge in [0.25, 0.3) is 0 Å². The third-order valence-electron chi connectivity index (χ3n) is 4.67. The fourth-order valence-electron chi connectivity index (χ4n) is 3.04. The van der Waals surface area contributed by atoms with Crippen molar-refractivity contribution in [3.63, 3.8) is 0 Å². The minimum absolute atomic E-state index is 0. The molecule has 4 heteroatoms. The number of carbonyl (C=O) groups excluding carboxylic acids is 1. The molecule has 0 aliphatic heterocycles. The van der Waals surface area contributed by atoms with Crippen LogP contribution in [0.25, 0.3) is 0 Å². The zero-order valence-corrected chi connectivity index (χ0v) is 11.6. The number of hydrogen-bond donors (Lipinski definition) is 2. The summed E-state index contributed by atoms with van der Waals surface area (Å²) in [5, 5.41) is 3.09. The first-order valence-electron chi connectivity index (χ1n) is 6.67. The van der Waals surface area contributed by atoms with Crippen molar-refractivity contribution in [1.82, 2.24) is 5.32 Å². The molecule has 0 radical (unpaired) electrons. The SMILES string of the molecule is CCC1(C(=O)NCC2(N)CCC2)CCCC1.Cl. The molecule has 0 spiro atoms. The molecule has 0 saturated heterocycles. The smallest absolute Gasteiger partial charge is 0.226 e. The van der Waals surface area contributed by atoms with E-state index in [1.807, 2.05) is 0 Å². The Balaban J connectivity index is 0.00000144. The Morgan fingerprint density at radius 1 is 1.18 bits per heavy atom. The topological polar surface area (TPSA) is 55.1 Å². The molecule has 2 aliphatic rings. The molecular weight excluding hydrogens is 236 g/mol. The molecule has 1 amide bonds. The fraction of sp³-hybridized carbons (Fsp3) is 0.923. The maximum absolute atomic E-state index is 12.2. The van der Waals surface area contributed by atoms with Gasteiger partial charge in [-0.25, -0.2) is 0 Å². The van der Waals surface area contributed by atoms with E-state index >= 15 is 0 Å². The Kier molecular flexibility index (Phi) is 4.85. The second-order valence-corrected chi connectivity index (χ2v) is 5.74. The third-order valence-corrected chi connectivity index (χ3v) is 4.67. The first kappa shape index (κ1) is 14.8. The molecule has 0 aromatic heterocycles. The highest BCUT2D eigenvalue weighted by atomic mass is 35.5. The summed E-state index contributed by atoms with van der Waals surface area (Å²) in [4.78, 5) is 12.2. The van der Waals surface area contributed by atoms with Crippen molar-refractivity contribution >= 4 is 18.3 Å². The van der Waals surface area contributed by atoms with Crippen LogP contribution in [0.3, 0.4) is 0 Å². The van der Waals surface area contributed by atoms with Crippen molar-refractivity contribution < 1.29 is 4.79 Å². The van der Waals surface area contributed by atoms with E-state index in [0.29, 0.717) is 6.54 Å². The minimum Gasteiger partial charge on any atom is -0.354 e. The van der Waals surface area contributed by atoms with E-state index in [4.69, 9.17) is 5.73 Å². The minimum atomic E-state index is -0.0941. The molecule has 2 saturated carbocycles. The van der Waals surface area contributed by atoms with Gasteiger partial charge >= 0.3 is 0 Å². The van der Waals surface area contributed by atoms with Crippen molar-refractivity contribution in [3.8, 4) is 0 Å². The van der Waals surface area contributed by atoms with E-state index in [1.165, 1.54) is 19.3 Å². The van der Waals surface area contributed by atoms with E-state index in [0.717, 1.165) is 32.1 Å². The molecule has 0 atom stereocenters. The summed E-state index contributed by atoms with van der Waals surface area (Å²) in [6.07, 6.45) is 8.84. The third kappa shape index (κ3) is 2.94. The lowest BCUT2D eigenvalue weighted by molar-refractivity contribution is -0.131. The molecule has 0 aromatic carbocycles. The molecule has 100 valence electrons. The Morgan fingerprint density at radius 3 is 2.18 bits per heavy atom. The summed E-state index contributed by atoms with van der Waals surface area (Å²) in [6.45, 7) is 2.81. The molecular formula is C13H25ClN2O. The summed E-state index contributed by atoms with van der Waals surface area (Å²) in [7, 11) is 0. The van der Waals surface area contributed by atoms with Gasteiger partial charge in [-0.1, -0.05) is 19.8 Å². The van der Waals surface area contributed by atoms with Crippen molar-refractivity contribution in [1.29, 1.82) is 0 Å². The van der Waals surface area contributed by atoms with Crippen molar-refractivity contribution in [2.75, 3.05) is 6.54 Å². The highest BCUT2D eigenvalue weighted by molar-refractivity contribution is 5.85. The second kappa shape index (κ2) is 5.57. The van der Waals surface area contributed by atoms with E-state index in [9.17, 15) is 4.79 Å². The van der Waals surface area contributed by atoms with Crippen LogP contribution in [0.2, 0.25) is 0 Å². The zero-order valence-electron chi connectivity index (χ0n) is 10.8. The zero-order chi connectivity index (χ0) is 11.6. The van der Waals surface area contributed by atoms with Crippen molar-refractivity contribution in [3.05, 3.63) is 0 Å². The average Bonchev–Trinajstić information content (AvgIpc) is 2.73. The molecule has 0 bridgehead atoms. The Hall–Kier alpha value is -0.280. The molecule has 2 aliphatic carbocycles. The lowest BCUT2D eigenvalue weighted by Gasteiger charge is -2.39. The van der Waals surface area contributed by atoms with Crippen molar-refractivity contribution in [2.45, 2.75) is 63.8 Å². The monoisotopic (exact) mass is 260 g/mol. The van der Waals surface area contributed by atoms with Gasteiger partial charge in [0.05, 0.1) is 0 Å². The molecule has 0 aromatic rings. The number of carbonyl (C=O) groups is 1. The predicted molar refractivity (Wildman–Crippen MR) is 72.2 cm³/mol. The summed E-state index contributed by atoms with van der Waals surface area (Å²) in [5.41, 5.74) is 5.96. The highest BCUT2D eigenvalue weighted by Crippen LogP contribution is 2.41. The van der Waals surface area contributed by atoms with Gasteiger partial charge in [0.15, 0.2) is 0 Å². The Bertz CT molecular complexity index is 271. The summed E-state index contributed by atoms with van der Waals surface area (Å²) < 4.78 is 0. The van der Waals surface area contributed by atoms with Crippen LogP contribution in [0.5, 0.6) is 0 Å². The summed E-state index contributed by atoms with van der Waals surface area (Å²) in [5.74, 6) is 0.254. The maximum atomic E-state index is 12.2. The van der Waals surface area contributed by atoms with E-state index in [1.54, 1.807) is 0 Å². The molecule has 3 nitrogen and oxygen atoms in total. The lowest BCUT2D eigenvalue weighted by atomic mass is 9.77. The van der Waals surface area contributed by atoms with E-state index in [2.05, 4.69) is 12.2 Å². The second-order valence-electron chi connectivity index (χ2n) is 5.74. The standard InChI is InChI=1S/C13H24N2O.ClH/c1-2-12(6-3-4-7-12)11(16)15-10-13(14)8-5-9-13;/h2-10,14H2,1H3,(H,15,16);1H. The Morgan fingerprint density at radius 2 is 1.76 bits per heavy atom. The van der Waals surface area contributed by atoms with Gasteiger partial charge in [-0.05, 0) is 38.5 Å². The van der Waals surface area contributed by atoms with Gasteiger partial charge in [0, 0.05) is 17.5 Å². The van der Waals surface area contributed by atoms with Crippen LogP contribution in [0.15, 0.2) is 0 Å². The van der Waals surface area contributed by atoms with Crippen LogP contribution in [0, 0.1) is 5.41 Å². The average molecular weight is 261 g/mol. The normalized spacial score (nSPS) is 24.6. The van der Waals surface area contributed by atoms with E-state index < -0.39 is 0 Å². The fourth-order valence-corrected chi connectivity index (χ4v) is 3.04. The van der Waals surface area contributed by atoms with Crippen LogP contribution in [-0.2, 0) is 4.79 Å². The number of nitrogens with two attached hydrogens (primary N) is 1. The quantitative estimate of drug-likeness (QED) is 0.816. The first-order valence-corrected chi connectivity index (χ1v) is 6.67. The molecule has 0 heterocycles. The van der Waals surface area contributed by atoms with Gasteiger partial charge in [-0.3, -0.25) is 4.79 Å². The van der Waals surface area contributed by atoms with Gasteiger partial charge < -0.3 is 11.1 Å². The first-order chi connectivity index (χ1) is 7.60. The van der Waals surface area contributed by atoms with Crippen molar-refractivity contribution in [2.24, 2.45) is 11.1 Å². The van der Waals surface area contributed by atoms with Gasteiger partial charge in [0.2, 0.25) is 5.91 Å². The lowest BCUT2D eigenvalue weighted by Crippen LogP contribution is -2.56. The highest BCUT2D eigenvalue weighted by Gasteiger charge is 2.40. The van der Waals surface area contributed by atoms with Gasteiger partial charge in [-0.15, -0.1) is 12.4 Å². The van der Waals surface area contributed by atoms with E-state index in [-0.39, 0.29) is 29.3 Å². The number of rotatable bonds is 4. The van der Waals surface area contributed by atoms with Crippen LogP contribution >= 0.6 is 12.4 Å². The number of hydrogen-bond acceptors (Lipinski definition) is 2.